The first kappa shape index (κ1) is 13.1. The van der Waals surface area contributed by atoms with Gasteiger partial charge in [0.05, 0.1) is 12.1 Å². The van der Waals surface area contributed by atoms with Gasteiger partial charge in [0.15, 0.2) is 5.11 Å². The standard InChI is InChI=1S/C12H22N2O2S/c1-15-7-2-6-13-12(17)14-10-5-8-16-11(10)9-3-4-9/h9-11H,2-8H2,1H3,(H2,13,14,17). The molecule has 2 rings (SSSR count). The normalized spacial score (nSPS) is 28.1. The largest absolute Gasteiger partial charge is 0.385 e. The van der Waals surface area contributed by atoms with Crippen molar-refractivity contribution in [1.29, 1.82) is 0 Å². The van der Waals surface area contributed by atoms with Crippen molar-refractivity contribution in [3.63, 3.8) is 0 Å². The molecule has 0 spiro atoms. The van der Waals surface area contributed by atoms with Crippen LogP contribution >= 0.6 is 12.2 Å². The zero-order valence-electron chi connectivity index (χ0n) is 10.4. The predicted octanol–water partition coefficient (Wildman–Crippen LogP) is 1.05. The minimum Gasteiger partial charge on any atom is -0.385 e. The van der Waals surface area contributed by atoms with E-state index in [1.807, 2.05) is 0 Å². The molecule has 1 aliphatic heterocycles. The summed E-state index contributed by atoms with van der Waals surface area (Å²) in [4.78, 5) is 0. The number of thiocarbonyl (C=S) groups is 1. The van der Waals surface area contributed by atoms with Gasteiger partial charge in [-0.05, 0) is 43.8 Å². The second-order valence-electron chi connectivity index (χ2n) is 4.81. The summed E-state index contributed by atoms with van der Waals surface area (Å²) >= 11 is 5.28. The van der Waals surface area contributed by atoms with Crippen LogP contribution in [-0.4, -0.2) is 44.1 Å². The van der Waals surface area contributed by atoms with Crippen LogP contribution in [0.5, 0.6) is 0 Å². The highest BCUT2D eigenvalue weighted by molar-refractivity contribution is 7.80. The molecule has 2 N–H and O–H groups in total. The fourth-order valence-corrected chi connectivity index (χ4v) is 2.55. The van der Waals surface area contributed by atoms with Gasteiger partial charge in [-0.25, -0.2) is 0 Å². The molecule has 98 valence electrons. The van der Waals surface area contributed by atoms with Crippen LogP contribution in [0.4, 0.5) is 0 Å². The van der Waals surface area contributed by atoms with Gasteiger partial charge in [0.1, 0.15) is 0 Å². The Bertz CT molecular complexity index is 259. The molecule has 0 aromatic carbocycles. The van der Waals surface area contributed by atoms with Crippen LogP contribution in [-0.2, 0) is 9.47 Å². The van der Waals surface area contributed by atoms with E-state index in [2.05, 4.69) is 10.6 Å². The number of ether oxygens (including phenoxy) is 2. The van der Waals surface area contributed by atoms with Gasteiger partial charge >= 0.3 is 0 Å². The molecule has 2 fully saturated rings. The van der Waals surface area contributed by atoms with Gasteiger partial charge in [0, 0.05) is 26.9 Å². The lowest BCUT2D eigenvalue weighted by Crippen LogP contribution is -2.46. The lowest BCUT2D eigenvalue weighted by molar-refractivity contribution is 0.0842. The Balaban J connectivity index is 1.63. The Hall–Kier alpha value is -0.390. The second kappa shape index (κ2) is 6.52. The molecule has 0 amide bonds. The van der Waals surface area contributed by atoms with Gasteiger partial charge in [-0.2, -0.15) is 0 Å². The van der Waals surface area contributed by atoms with Gasteiger partial charge in [-0.3, -0.25) is 0 Å². The van der Waals surface area contributed by atoms with E-state index in [4.69, 9.17) is 21.7 Å². The van der Waals surface area contributed by atoms with Crippen molar-refractivity contribution in [2.24, 2.45) is 5.92 Å². The Morgan fingerprint density at radius 1 is 1.41 bits per heavy atom. The lowest BCUT2D eigenvalue weighted by atomic mass is 10.1. The summed E-state index contributed by atoms with van der Waals surface area (Å²) in [5, 5.41) is 7.34. The van der Waals surface area contributed by atoms with Crippen molar-refractivity contribution in [3.05, 3.63) is 0 Å². The fourth-order valence-electron chi connectivity index (χ4n) is 2.29. The summed E-state index contributed by atoms with van der Waals surface area (Å²) in [7, 11) is 1.71. The number of rotatable bonds is 6. The van der Waals surface area contributed by atoms with Crippen LogP contribution < -0.4 is 10.6 Å². The van der Waals surface area contributed by atoms with E-state index < -0.39 is 0 Å². The monoisotopic (exact) mass is 258 g/mol. The molecule has 0 aromatic heterocycles. The maximum absolute atomic E-state index is 5.76. The fraction of sp³-hybridized carbons (Fsp3) is 0.917. The predicted molar refractivity (Wildman–Crippen MR) is 71.1 cm³/mol. The first-order valence-electron chi connectivity index (χ1n) is 6.46. The van der Waals surface area contributed by atoms with E-state index in [1.54, 1.807) is 7.11 Å². The summed E-state index contributed by atoms with van der Waals surface area (Å²) < 4.78 is 10.8. The molecule has 1 heterocycles. The summed E-state index contributed by atoms with van der Waals surface area (Å²) in [6.45, 7) is 2.50. The maximum atomic E-state index is 5.76. The minimum atomic E-state index is 0.383. The molecule has 0 bridgehead atoms. The molecule has 5 heteroatoms. The van der Waals surface area contributed by atoms with E-state index in [9.17, 15) is 0 Å². The van der Waals surface area contributed by atoms with Crippen LogP contribution in [0.1, 0.15) is 25.7 Å². The maximum Gasteiger partial charge on any atom is 0.166 e. The molecular formula is C12H22N2O2S. The smallest absolute Gasteiger partial charge is 0.166 e. The van der Waals surface area contributed by atoms with E-state index >= 15 is 0 Å². The SMILES string of the molecule is COCCCNC(=S)NC1CCOC1C1CC1. The van der Waals surface area contributed by atoms with Crippen molar-refractivity contribution in [1.82, 2.24) is 10.6 Å². The average Bonchev–Trinajstić information content (AvgIpc) is 3.06. The zero-order valence-corrected chi connectivity index (χ0v) is 11.2. The van der Waals surface area contributed by atoms with E-state index in [1.165, 1.54) is 12.8 Å². The Morgan fingerprint density at radius 2 is 2.24 bits per heavy atom. The third-order valence-corrected chi connectivity index (χ3v) is 3.61. The third-order valence-electron chi connectivity index (χ3n) is 3.35. The van der Waals surface area contributed by atoms with Gasteiger partial charge in [-0.1, -0.05) is 0 Å². The third kappa shape index (κ3) is 4.08. The molecule has 0 aromatic rings. The zero-order chi connectivity index (χ0) is 12.1. The molecule has 2 atom stereocenters. The first-order valence-corrected chi connectivity index (χ1v) is 6.87. The van der Waals surface area contributed by atoms with Crippen LogP contribution in [0.3, 0.4) is 0 Å². The summed E-state index contributed by atoms with van der Waals surface area (Å²) in [5.74, 6) is 0.770. The number of hydrogen-bond acceptors (Lipinski definition) is 3. The molecule has 1 saturated carbocycles. The topological polar surface area (TPSA) is 42.5 Å². The van der Waals surface area contributed by atoms with Gasteiger partial charge < -0.3 is 20.1 Å². The van der Waals surface area contributed by atoms with Gasteiger partial charge in [-0.15, -0.1) is 0 Å². The molecule has 1 saturated heterocycles. The van der Waals surface area contributed by atoms with Crippen LogP contribution in [0.2, 0.25) is 0 Å². The number of hydrogen-bond donors (Lipinski definition) is 2. The minimum absolute atomic E-state index is 0.383. The van der Waals surface area contributed by atoms with Crippen molar-refractivity contribution in [2.75, 3.05) is 26.9 Å². The van der Waals surface area contributed by atoms with Crippen molar-refractivity contribution in [2.45, 2.75) is 37.8 Å². The Labute approximate surface area is 108 Å². The second-order valence-corrected chi connectivity index (χ2v) is 5.22. The van der Waals surface area contributed by atoms with Crippen LogP contribution in [0, 0.1) is 5.92 Å². The highest BCUT2D eigenvalue weighted by Gasteiger charge is 2.40. The average molecular weight is 258 g/mol. The van der Waals surface area contributed by atoms with Crippen LogP contribution in [0.15, 0.2) is 0 Å². The molecule has 2 unspecified atom stereocenters. The Kier molecular flexibility index (Phi) is 5.00. The number of methoxy groups -OCH3 is 1. The summed E-state index contributed by atoms with van der Waals surface area (Å²) in [5.41, 5.74) is 0. The van der Waals surface area contributed by atoms with Gasteiger partial charge in [0.2, 0.25) is 0 Å². The molecule has 4 nitrogen and oxygen atoms in total. The van der Waals surface area contributed by atoms with Gasteiger partial charge in [0.25, 0.3) is 0 Å². The molecule has 17 heavy (non-hydrogen) atoms. The van der Waals surface area contributed by atoms with Crippen molar-refractivity contribution < 1.29 is 9.47 Å². The summed E-state index contributed by atoms with van der Waals surface area (Å²) in [6.07, 6.45) is 5.06. The van der Waals surface area contributed by atoms with Crippen LogP contribution in [0.25, 0.3) is 0 Å². The quantitative estimate of drug-likeness (QED) is 0.551. The van der Waals surface area contributed by atoms with Crippen molar-refractivity contribution >= 4 is 17.3 Å². The van der Waals surface area contributed by atoms with E-state index in [0.717, 1.165) is 43.6 Å². The molecule has 0 radical (unpaired) electrons. The molecule has 2 aliphatic rings. The van der Waals surface area contributed by atoms with Crippen molar-refractivity contribution in [3.8, 4) is 0 Å². The lowest BCUT2D eigenvalue weighted by Gasteiger charge is -2.21. The van der Waals surface area contributed by atoms with E-state index in [0.29, 0.717) is 12.1 Å². The Morgan fingerprint density at radius 3 is 2.94 bits per heavy atom. The highest BCUT2D eigenvalue weighted by Crippen LogP contribution is 2.38. The molecule has 1 aliphatic carbocycles. The molecular weight excluding hydrogens is 236 g/mol. The highest BCUT2D eigenvalue weighted by atomic mass is 32.1. The first-order chi connectivity index (χ1) is 8.31. The number of nitrogens with one attached hydrogen (secondary N) is 2. The van der Waals surface area contributed by atoms with E-state index in [-0.39, 0.29) is 0 Å². The summed E-state index contributed by atoms with van der Waals surface area (Å²) in [6, 6.07) is 0.407.